The van der Waals surface area contributed by atoms with Gasteiger partial charge in [-0.1, -0.05) is 6.58 Å². The third-order valence-corrected chi connectivity index (χ3v) is 0.365. The molecule has 0 aliphatic rings. The van der Waals surface area contributed by atoms with Crippen LogP contribution < -0.4 is 0 Å². The van der Waals surface area contributed by atoms with E-state index in [2.05, 4.69) is 6.58 Å². The Labute approximate surface area is 72.2 Å². The van der Waals surface area contributed by atoms with Crippen LogP contribution >= 0.6 is 0 Å². The van der Waals surface area contributed by atoms with Gasteiger partial charge in [-0.2, -0.15) is 0 Å². The minimum Gasteiger partial charge on any atom is -0.478 e. The van der Waals surface area contributed by atoms with Gasteiger partial charge in [-0.3, -0.25) is 0 Å². The van der Waals surface area contributed by atoms with Crippen molar-refractivity contribution in [3.8, 4) is 0 Å². The Bertz CT molecular complexity index is 75.7. The molecule has 0 amide bonds. The second-order valence-corrected chi connectivity index (χ2v) is 1.09. The zero-order chi connectivity index (χ0) is 5.15. The van der Waals surface area contributed by atoms with Gasteiger partial charge < -0.3 is 5.11 Å². The maximum absolute atomic E-state index is 9.60. The molecule has 0 saturated heterocycles. The minimum absolute atomic E-state index is 0. The number of carboxylic acids is 1. The maximum atomic E-state index is 9.60. The van der Waals surface area contributed by atoms with E-state index in [-0.39, 0.29) is 43.3 Å². The van der Waals surface area contributed by atoms with Crippen molar-refractivity contribution in [3.63, 3.8) is 0 Å². The van der Waals surface area contributed by atoms with Crippen molar-refractivity contribution in [2.24, 2.45) is 0 Å². The summed E-state index contributed by atoms with van der Waals surface area (Å²) in [5, 5.41) is 7.89. The van der Waals surface area contributed by atoms with Crippen LogP contribution in [0.15, 0.2) is 12.2 Å². The molecule has 0 aromatic carbocycles. The van der Waals surface area contributed by atoms with Crippen molar-refractivity contribution in [1.82, 2.24) is 0 Å². The Morgan fingerprint density at radius 2 is 1.86 bits per heavy atom. The molecule has 0 aromatic heterocycles. The Kier molecular flexibility index (Phi) is 6.90. The predicted molar refractivity (Wildman–Crippen MR) is 28.2 cm³/mol. The van der Waals surface area contributed by atoms with Crippen molar-refractivity contribution in [1.29, 1.82) is 0 Å². The van der Waals surface area contributed by atoms with E-state index in [1.54, 1.807) is 0 Å². The molecule has 0 aliphatic heterocycles. The van der Waals surface area contributed by atoms with Gasteiger partial charge in [0, 0.05) is 43.3 Å². The van der Waals surface area contributed by atoms with E-state index in [9.17, 15) is 4.79 Å². The first-order valence-corrected chi connectivity index (χ1v) is 1.53. The van der Waals surface area contributed by atoms with Crippen LogP contribution in [0.5, 0.6) is 0 Å². The molecule has 1 N–H and O–H groups in total. The zero-order valence-electron chi connectivity index (χ0n) is 4.27. The molecule has 0 aliphatic carbocycles. The van der Waals surface area contributed by atoms with E-state index >= 15 is 0 Å². The summed E-state index contributed by atoms with van der Waals surface area (Å²) in [4.78, 5) is 9.60. The molecule has 0 fully saturated rings. The average molecular weight is 126 g/mol. The maximum Gasteiger partial charge on any atom is 0.330 e. The van der Waals surface area contributed by atoms with Gasteiger partial charge in [-0.25, -0.2) is 4.79 Å². The molecule has 36 valence electrons. The Morgan fingerprint density at radius 1 is 1.71 bits per heavy atom. The molecular formula is C4H6CaO2. The molecule has 0 unspecified atom stereocenters. The standard InChI is InChI=1S/C4H6O2.Ca/c1-3(2)4(5)6;/h1H2,2H3,(H,5,6);. The van der Waals surface area contributed by atoms with E-state index in [0.717, 1.165) is 0 Å². The summed E-state index contributed by atoms with van der Waals surface area (Å²) >= 11 is 0. The number of aliphatic carboxylic acids is 1. The summed E-state index contributed by atoms with van der Waals surface area (Å²) in [5.41, 5.74) is 0.176. The van der Waals surface area contributed by atoms with Gasteiger partial charge in [0.1, 0.15) is 0 Å². The van der Waals surface area contributed by atoms with Crippen molar-refractivity contribution < 1.29 is 9.90 Å². The van der Waals surface area contributed by atoms with Gasteiger partial charge in [0.2, 0.25) is 0 Å². The smallest absolute Gasteiger partial charge is 0.330 e. The van der Waals surface area contributed by atoms with Crippen molar-refractivity contribution in [2.45, 2.75) is 6.92 Å². The van der Waals surface area contributed by atoms with E-state index in [0.29, 0.717) is 0 Å². The predicted octanol–water partition coefficient (Wildman–Crippen LogP) is 0.266. The summed E-state index contributed by atoms with van der Waals surface area (Å²) in [7, 11) is 0. The SMILES string of the molecule is C=C(C)C(=O)O.[Ca]. The number of hydrogen-bond donors (Lipinski definition) is 1. The van der Waals surface area contributed by atoms with Crippen LogP contribution in [0.3, 0.4) is 0 Å². The summed E-state index contributed by atoms with van der Waals surface area (Å²) in [6.07, 6.45) is 0. The van der Waals surface area contributed by atoms with Crippen LogP contribution in [0.1, 0.15) is 6.92 Å². The van der Waals surface area contributed by atoms with Gasteiger partial charge in [0.05, 0.1) is 0 Å². The summed E-state index contributed by atoms with van der Waals surface area (Å²) in [6.45, 7) is 4.60. The van der Waals surface area contributed by atoms with Crippen molar-refractivity contribution in [2.75, 3.05) is 0 Å². The molecule has 2 radical (unpaired) electrons. The molecule has 0 saturated carbocycles. The second-order valence-electron chi connectivity index (χ2n) is 1.09. The van der Waals surface area contributed by atoms with E-state index in [1.165, 1.54) is 6.92 Å². The first-order valence-electron chi connectivity index (χ1n) is 1.53. The van der Waals surface area contributed by atoms with Crippen molar-refractivity contribution in [3.05, 3.63) is 12.2 Å². The molecule has 0 rings (SSSR count). The average Bonchev–Trinajstić information content (AvgIpc) is 1.36. The monoisotopic (exact) mass is 126 g/mol. The molecule has 7 heavy (non-hydrogen) atoms. The fraction of sp³-hybridized carbons (Fsp3) is 0.250. The third-order valence-electron chi connectivity index (χ3n) is 0.365. The van der Waals surface area contributed by atoms with E-state index < -0.39 is 5.97 Å². The molecule has 0 bridgehead atoms. The topological polar surface area (TPSA) is 37.3 Å². The zero-order valence-corrected chi connectivity index (χ0v) is 6.48. The van der Waals surface area contributed by atoms with Gasteiger partial charge in [-0.15, -0.1) is 0 Å². The fourth-order valence-corrected chi connectivity index (χ4v) is 0. The number of carboxylic acid groups (broad SMARTS) is 1. The van der Waals surface area contributed by atoms with Crippen molar-refractivity contribution >= 4 is 43.7 Å². The second kappa shape index (κ2) is 4.62. The van der Waals surface area contributed by atoms with Gasteiger partial charge in [-0.05, 0) is 6.92 Å². The summed E-state index contributed by atoms with van der Waals surface area (Å²) < 4.78 is 0. The Morgan fingerprint density at radius 3 is 1.86 bits per heavy atom. The first-order chi connectivity index (χ1) is 2.64. The van der Waals surface area contributed by atoms with Crippen LogP contribution in [0.4, 0.5) is 0 Å². The molecule has 0 atom stereocenters. The molecule has 3 heteroatoms. The van der Waals surface area contributed by atoms with E-state index in [4.69, 9.17) is 5.11 Å². The molecule has 0 aromatic rings. The van der Waals surface area contributed by atoms with Crippen LogP contribution in [0.25, 0.3) is 0 Å². The third kappa shape index (κ3) is 6.47. The quantitative estimate of drug-likeness (QED) is 0.404. The van der Waals surface area contributed by atoms with Gasteiger partial charge in [0.15, 0.2) is 0 Å². The van der Waals surface area contributed by atoms with Crippen LogP contribution in [0, 0.1) is 0 Å². The minimum atomic E-state index is -0.935. The molecule has 0 spiro atoms. The number of carbonyl (C=O) groups is 1. The Balaban J connectivity index is 0. The van der Waals surface area contributed by atoms with Crippen LogP contribution in [0.2, 0.25) is 0 Å². The number of rotatable bonds is 1. The van der Waals surface area contributed by atoms with E-state index in [1.807, 2.05) is 0 Å². The van der Waals surface area contributed by atoms with Gasteiger partial charge in [0.25, 0.3) is 0 Å². The first kappa shape index (κ1) is 10.5. The summed E-state index contributed by atoms with van der Waals surface area (Å²) in [5.74, 6) is -0.935. The Hall–Kier alpha value is 0.470. The van der Waals surface area contributed by atoms with Gasteiger partial charge >= 0.3 is 5.97 Å². The fourth-order valence-electron chi connectivity index (χ4n) is 0. The molecular weight excluding hydrogens is 120 g/mol. The molecule has 0 heterocycles. The summed E-state index contributed by atoms with van der Waals surface area (Å²) in [6, 6.07) is 0. The van der Waals surface area contributed by atoms with Crippen LogP contribution in [-0.4, -0.2) is 48.8 Å². The largest absolute Gasteiger partial charge is 0.478 e. The number of hydrogen-bond acceptors (Lipinski definition) is 1. The van der Waals surface area contributed by atoms with Crippen LogP contribution in [-0.2, 0) is 4.79 Å². The normalized spacial score (nSPS) is 6.43. The molecule has 2 nitrogen and oxygen atoms in total.